The molecule has 0 aliphatic heterocycles. The number of amides is 1. The molecule has 43 heavy (non-hydrogen) atoms. The van der Waals surface area contributed by atoms with Crippen LogP contribution in [0.2, 0.25) is 0 Å². The number of fused-ring (bicyclic) bond motifs is 1. The predicted octanol–water partition coefficient (Wildman–Crippen LogP) is 5.05. The maximum absolute atomic E-state index is 12.3. The molecule has 0 bridgehead atoms. The minimum Gasteiger partial charge on any atom is -0.494 e. The summed E-state index contributed by atoms with van der Waals surface area (Å²) in [7, 11) is 7.51. The quantitative estimate of drug-likeness (QED) is 0.236. The molecule has 2 aromatic carbocycles. The summed E-state index contributed by atoms with van der Waals surface area (Å²) in [4.78, 5) is 25.6. The number of rotatable bonds is 11. The third-order valence-electron chi connectivity index (χ3n) is 7.37. The number of hydrogen-bond donors (Lipinski definition) is 2. The van der Waals surface area contributed by atoms with Gasteiger partial charge in [0.15, 0.2) is 0 Å². The number of nitrogens with one attached hydrogen (secondary N) is 2. The largest absolute Gasteiger partial charge is 0.494 e. The number of nitrogens with zero attached hydrogens (tertiary/aromatic N) is 7. The highest BCUT2D eigenvalue weighted by Crippen LogP contribution is 2.42. The van der Waals surface area contributed by atoms with Crippen molar-refractivity contribution in [2.24, 2.45) is 0 Å². The number of anilines is 4. The van der Waals surface area contributed by atoms with Crippen LogP contribution in [-0.2, 0) is 4.79 Å². The topological polar surface area (TPSA) is 135 Å². The summed E-state index contributed by atoms with van der Waals surface area (Å²) >= 11 is 0. The zero-order chi connectivity index (χ0) is 30.7. The summed E-state index contributed by atoms with van der Waals surface area (Å²) in [6.07, 6.45) is 6.87. The van der Waals surface area contributed by atoms with Crippen molar-refractivity contribution in [1.82, 2.24) is 19.4 Å². The van der Waals surface area contributed by atoms with E-state index < -0.39 is 0 Å². The first-order valence-electron chi connectivity index (χ1n) is 13.9. The van der Waals surface area contributed by atoms with E-state index in [0.29, 0.717) is 46.5 Å². The van der Waals surface area contributed by atoms with Crippen LogP contribution in [0.1, 0.15) is 30.0 Å². The third kappa shape index (κ3) is 6.13. The van der Waals surface area contributed by atoms with Gasteiger partial charge < -0.3 is 29.7 Å². The number of methoxy groups -OCH3 is 1. The van der Waals surface area contributed by atoms with Crippen molar-refractivity contribution < 1.29 is 9.53 Å². The summed E-state index contributed by atoms with van der Waals surface area (Å²) < 4.78 is 7.93. The molecule has 2 heterocycles. The molecule has 11 nitrogen and oxygen atoms in total. The van der Waals surface area contributed by atoms with Crippen LogP contribution in [0.3, 0.4) is 0 Å². The van der Waals surface area contributed by atoms with Gasteiger partial charge in [-0.1, -0.05) is 6.58 Å². The van der Waals surface area contributed by atoms with Crippen LogP contribution in [-0.4, -0.2) is 66.7 Å². The summed E-state index contributed by atoms with van der Waals surface area (Å²) in [5, 5.41) is 26.5. The van der Waals surface area contributed by atoms with Gasteiger partial charge >= 0.3 is 0 Å². The molecule has 0 atom stereocenters. The first-order chi connectivity index (χ1) is 20.8. The van der Waals surface area contributed by atoms with Crippen molar-refractivity contribution in [2.75, 3.05) is 56.9 Å². The second kappa shape index (κ2) is 12.2. The molecule has 4 aromatic rings. The first-order valence-corrected chi connectivity index (χ1v) is 13.9. The van der Waals surface area contributed by atoms with Gasteiger partial charge in [-0.2, -0.15) is 10.5 Å². The molecule has 1 amide bonds. The molecular formula is C32H33N9O2. The van der Waals surface area contributed by atoms with E-state index in [4.69, 9.17) is 9.72 Å². The van der Waals surface area contributed by atoms with Gasteiger partial charge in [0.1, 0.15) is 11.8 Å². The Morgan fingerprint density at radius 2 is 1.95 bits per heavy atom. The number of carbonyl (C=O) groups excluding carboxylic acids is 1. The summed E-state index contributed by atoms with van der Waals surface area (Å²) in [6, 6.07) is 14.0. The van der Waals surface area contributed by atoms with Crippen LogP contribution in [0, 0.1) is 22.7 Å². The Kier molecular flexibility index (Phi) is 8.28. The second-order valence-corrected chi connectivity index (χ2v) is 10.7. The monoisotopic (exact) mass is 575 g/mol. The third-order valence-corrected chi connectivity index (χ3v) is 7.37. The van der Waals surface area contributed by atoms with E-state index in [1.807, 2.05) is 50.4 Å². The average Bonchev–Trinajstić information content (AvgIpc) is 3.79. The molecule has 218 valence electrons. The van der Waals surface area contributed by atoms with Gasteiger partial charge in [0.2, 0.25) is 11.9 Å². The summed E-state index contributed by atoms with van der Waals surface area (Å²) in [5.74, 6) is 0.409. The fourth-order valence-corrected chi connectivity index (χ4v) is 4.92. The van der Waals surface area contributed by atoms with Crippen molar-refractivity contribution in [3.05, 3.63) is 66.5 Å². The van der Waals surface area contributed by atoms with E-state index >= 15 is 0 Å². The van der Waals surface area contributed by atoms with Crippen LogP contribution >= 0.6 is 0 Å². The van der Waals surface area contributed by atoms with E-state index in [2.05, 4.69) is 43.8 Å². The van der Waals surface area contributed by atoms with Crippen molar-refractivity contribution in [2.45, 2.75) is 18.9 Å². The van der Waals surface area contributed by atoms with Crippen LogP contribution in [0.5, 0.6) is 5.75 Å². The number of likely N-dealkylation sites (N-methyl/N-ethyl adjacent to an activating group) is 2. The minimum absolute atomic E-state index is 0.241. The molecular weight excluding hydrogens is 542 g/mol. The van der Waals surface area contributed by atoms with Gasteiger partial charge in [-0.15, -0.1) is 0 Å². The molecule has 1 aliphatic rings. The van der Waals surface area contributed by atoms with E-state index in [1.165, 1.54) is 12.3 Å². The van der Waals surface area contributed by atoms with E-state index in [0.717, 1.165) is 41.5 Å². The van der Waals surface area contributed by atoms with Crippen LogP contribution in [0.15, 0.2) is 55.4 Å². The van der Waals surface area contributed by atoms with Crippen LogP contribution in [0.4, 0.5) is 23.0 Å². The Morgan fingerprint density at radius 3 is 2.60 bits per heavy atom. The van der Waals surface area contributed by atoms with Crippen molar-refractivity contribution in [3.63, 3.8) is 0 Å². The molecule has 1 fully saturated rings. The van der Waals surface area contributed by atoms with Gasteiger partial charge in [0, 0.05) is 54.9 Å². The average molecular weight is 576 g/mol. The second-order valence-electron chi connectivity index (χ2n) is 10.7. The van der Waals surface area contributed by atoms with E-state index in [1.54, 1.807) is 19.2 Å². The highest BCUT2D eigenvalue weighted by molar-refractivity contribution is 6.02. The number of hydrogen-bond acceptors (Lipinski definition) is 9. The van der Waals surface area contributed by atoms with Gasteiger partial charge in [0.05, 0.1) is 53.3 Å². The molecule has 2 N–H and O–H groups in total. The van der Waals surface area contributed by atoms with Crippen molar-refractivity contribution in [1.29, 1.82) is 10.5 Å². The van der Waals surface area contributed by atoms with Gasteiger partial charge in [-0.05, 0) is 57.3 Å². The van der Waals surface area contributed by atoms with Crippen molar-refractivity contribution in [3.8, 4) is 29.1 Å². The number of aromatic nitrogens is 3. The molecule has 1 saturated carbocycles. The fourth-order valence-electron chi connectivity index (χ4n) is 4.92. The Labute approximate surface area is 250 Å². The molecule has 0 unspecified atom stereocenters. The zero-order valence-electron chi connectivity index (χ0n) is 24.7. The van der Waals surface area contributed by atoms with E-state index in [-0.39, 0.29) is 11.9 Å². The normalized spacial score (nSPS) is 12.4. The lowest BCUT2D eigenvalue weighted by Gasteiger charge is -2.26. The standard InChI is InChI=1S/C32H33N9O2/c1-6-30(42)36-25-14-26(29(43-5)15-28(25)40(4)12-11-39(2)3)37-32-35-18-21(17-34)31(38-32)24-19-41(22-8-9-22)27-10-7-20(16-33)13-23(24)27/h6-7,10,13-15,18-19,22H,1,8-9,11-12H2,2-5H3,(H,36,42)(H,35,37,38). The lowest BCUT2D eigenvalue weighted by molar-refractivity contribution is -0.111. The van der Waals surface area contributed by atoms with Gasteiger partial charge in [-0.25, -0.2) is 9.97 Å². The Balaban J connectivity index is 1.58. The van der Waals surface area contributed by atoms with Crippen LogP contribution < -0.4 is 20.3 Å². The molecule has 0 spiro atoms. The lowest BCUT2D eigenvalue weighted by Crippen LogP contribution is -2.29. The Bertz CT molecular complexity index is 1790. The molecule has 5 rings (SSSR count). The number of ether oxygens (including phenoxy) is 1. The Hall–Kier alpha value is -5.39. The zero-order valence-corrected chi connectivity index (χ0v) is 24.7. The fraction of sp³-hybridized carbons (Fsp3) is 0.281. The maximum Gasteiger partial charge on any atom is 0.247 e. The first kappa shape index (κ1) is 29.1. The van der Waals surface area contributed by atoms with Gasteiger partial charge in [0.25, 0.3) is 0 Å². The molecule has 1 aliphatic carbocycles. The number of nitriles is 2. The highest BCUT2D eigenvalue weighted by atomic mass is 16.5. The van der Waals surface area contributed by atoms with Crippen molar-refractivity contribution >= 4 is 39.8 Å². The van der Waals surface area contributed by atoms with Gasteiger partial charge in [-0.3, -0.25) is 4.79 Å². The molecule has 0 radical (unpaired) electrons. The summed E-state index contributed by atoms with van der Waals surface area (Å²) in [5.41, 5.74) is 4.89. The number of benzene rings is 2. The molecule has 2 aromatic heterocycles. The predicted molar refractivity (Wildman–Crippen MR) is 168 cm³/mol. The number of carbonyl (C=O) groups is 1. The smallest absolute Gasteiger partial charge is 0.247 e. The maximum atomic E-state index is 12.3. The highest BCUT2D eigenvalue weighted by Gasteiger charge is 2.27. The Morgan fingerprint density at radius 1 is 1.16 bits per heavy atom. The van der Waals surface area contributed by atoms with Crippen LogP contribution in [0.25, 0.3) is 22.2 Å². The summed E-state index contributed by atoms with van der Waals surface area (Å²) in [6.45, 7) is 5.10. The minimum atomic E-state index is -0.348. The molecule has 0 saturated heterocycles. The molecule has 11 heteroatoms. The SMILES string of the molecule is C=CC(=O)Nc1cc(Nc2ncc(C#N)c(-c3cn(C4CC4)c4ccc(C#N)cc34)n2)c(OC)cc1N(C)CCN(C)C. The lowest BCUT2D eigenvalue weighted by atomic mass is 10.0. The van der Waals surface area contributed by atoms with E-state index in [9.17, 15) is 15.3 Å².